The molecule has 106 valence electrons. The molecule has 1 N–H and O–H groups in total. The van der Waals surface area contributed by atoms with Crippen LogP contribution in [0.25, 0.3) is 10.9 Å². The molecule has 1 fully saturated rings. The average Bonchev–Trinajstić information content (AvgIpc) is 2.92. The van der Waals surface area contributed by atoms with E-state index < -0.39 is 0 Å². The van der Waals surface area contributed by atoms with Gasteiger partial charge in [-0.25, -0.2) is 0 Å². The molecule has 2 amide bonds. The van der Waals surface area contributed by atoms with E-state index in [2.05, 4.69) is 5.32 Å². The van der Waals surface area contributed by atoms with Crippen molar-refractivity contribution < 1.29 is 14.4 Å². The average molecular weight is 282 g/mol. The van der Waals surface area contributed by atoms with Gasteiger partial charge in [-0.2, -0.15) is 0 Å². The monoisotopic (exact) mass is 282 g/mol. The fourth-order valence-corrected chi connectivity index (χ4v) is 3.73. The number of hydrogen-bond acceptors (Lipinski definition) is 3. The number of aromatic nitrogens is 1. The van der Waals surface area contributed by atoms with Gasteiger partial charge in [0.25, 0.3) is 0 Å². The van der Waals surface area contributed by atoms with Crippen LogP contribution in [0.5, 0.6) is 0 Å². The molecule has 2 heterocycles. The number of rotatable bonds is 0. The van der Waals surface area contributed by atoms with E-state index in [4.69, 9.17) is 0 Å². The molecule has 2 aliphatic rings. The van der Waals surface area contributed by atoms with E-state index in [-0.39, 0.29) is 29.6 Å². The summed E-state index contributed by atoms with van der Waals surface area (Å²) in [6.07, 6.45) is 0.976. The van der Waals surface area contributed by atoms with Crippen LogP contribution in [0.2, 0.25) is 0 Å². The Hall–Kier alpha value is -2.43. The smallest absolute Gasteiger partial charge is 0.230 e. The first kappa shape index (κ1) is 12.3. The Morgan fingerprint density at radius 1 is 1.14 bits per heavy atom. The molecule has 2 aromatic rings. The molecule has 5 nitrogen and oxygen atoms in total. The lowest BCUT2D eigenvalue weighted by molar-refractivity contribution is -0.126. The summed E-state index contributed by atoms with van der Waals surface area (Å²) in [6.45, 7) is 1.53. The minimum absolute atomic E-state index is 0.0596. The SMILES string of the molecule is CC(=O)n1c2c(c3ccccc31)CC1C(=O)NC(=O)C1C2. The number of carbonyl (C=O) groups excluding carboxylic acids is 3. The minimum Gasteiger partial charge on any atom is -0.296 e. The lowest BCUT2D eigenvalue weighted by Gasteiger charge is -2.23. The lowest BCUT2D eigenvalue weighted by atomic mass is 9.79. The molecule has 1 aromatic heterocycles. The Kier molecular flexibility index (Phi) is 2.37. The van der Waals surface area contributed by atoms with Crippen LogP contribution in [-0.4, -0.2) is 22.3 Å². The first-order valence-electron chi connectivity index (χ1n) is 7.04. The van der Waals surface area contributed by atoms with Gasteiger partial charge in [0, 0.05) is 24.4 Å². The van der Waals surface area contributed by atoms with Gasteiger partial charge < -0.3 is 0 Å². The summed E-state index contributed by atoms with van der Waals surface area (Å²) in [6, 6.07) is 7.71. The minimum atomic E-state index is -0.340. The van der Waals surface area contributed by atoms with Crippen molar-refractivity contribution in [1.82, 2.24) is 9.88 Å². The van der Waals surface area contributed by atoms with Crippen LogP contribution in [-0.2, 0) is 22.4 Å². The Labute approximate surface area is 120 Å². The van der Waals surface area contributed by atoms with E-state index in [1.165, 1.54) is 6.92 Å². The fourth-order valence-electron chi connectivity index (χ4n) is 3.73. The fraction of sp³-hybridized carbons (Fsp3) is 0.312. The summed E-state index contributed by atoms with van der Waals surface area (Å²) in [5.41, 5.74) is 2.78. The van der Waals surface area contributed by atoms with Gasteiger partial charge in [-0.15, -0.1) is 0 Å². The van der Waals surface area contributed by atoms with Gasteiger partial charge in [0.1, 0.15) is 0 Å². The summed E-state index contributed by atoms with van der Waals surface area (Å²) in [5, 5.41) is 3.42. The zero-order chi connectivity index (χ0) is 14.7. The van der Waals surface area contributed by atoms with Crippen LogP contribution in [0.1, 0.15) is 23.0 Å². The second kappa shape index (κ2) is 4.04. The van der Waals surface area contributed by atoms with Crippen LogP contribution in [0.4, 0.5) is 0 Å². The molecule has 0 spiro atoms. The van der Waals surface area contributed by atoms with E-state index in [0.717, 1.165) is 22.2 Å². The summed E-state index contributed by atoms with van der Waals surface area (Å²) >= 11 is 0. The molecule has 1 aliphatic heterocycles. The number of carbonyl (C=O) groups is 3. The third-order valence-electron chi connectivity index (χ3n) is 4.65. The van der Waals surface area contributed by atoms with Gasteiger partial charge in [0.2, 0.25) is 17.7 Å². The number of amides is 2. The Bertz CT molecular complexity index is 818. The molecule has 1 aliphatic carbocycles. The van der Waals surface area contributed by atoms with Crippen molar-refractivity contribution in [1.29, 1.82) is 0 Å². The third kappa shape index (κ3) is 1.54. The van der Waals surface area contributed by atoms with Gasteiger partial charge in [-0.1, -0.05) is 18.2 Å². The highest BCUT2D eigenvalue weighted by Crippen LogP contribution is 2.39. The molecular weight excluding hydrogens is 268 g/mol. The number of nitrogens with one attached hydrogen (secondary N) is 1. The number of fused-ring (bicyclic) bond motifs is 4. The van der Waals surface area contributed by atoms with Crippen molar-refractivity contribution in [2.75, 3.05) is 0 Å². The quantitative estimate of drug-likeness (QED) is 0.740. The molecule has 0 radical (unpaired) electrons. The molecule has 5 heteroatoms. The van der Waals surface area contributed by atoms with Crippen LogP contribution in [0.3, 0.4) is 0 Å². The molecule has 2 unspecified atom stereocenters. The van der Waals surface area contributed by atoms with Crippen molar-refractivity contribution in [2.24, 2.45) is 11.8 Å². The van der Waals surface area contributed by atoms with Crippen molar-refractivity contribution in [3.8, 4) is 0 Å². The number of benzene rings is 1. The maximum atomic E-state index is 12.0. The second-order valence-electron chi connectivity index (χ2n) is 5.77. The second-order valence-corrected chi connectivity index (χ2v) is 5.77. The Morgan fingerprint density at radius 2 is 1.81 bits per heavy atom. The van der Waals surface area contributed by atoms with Crippen LogP contribution in [0.15, 0.2) is 24.3 Å². The molecule has 0 saturated carbocycles. The first-order chi connectivity index (χ1) is 10.1. The number of nitrogens with zero attached hydrogens (tertiary/aromatic N) is 1. The standard InChI is InChI=1S/C16H14N2O3/c1-8(19)18-13-5-3-2-4-9(13)10-6-11-12(7-14(10)18)16(21)17-15(11)20/h2-5,11-12H,6-7H2,1H3,(H,17,20,21). The summed E-state index contributed by atoms with van der Waals surface area (Å²) in [5.74, 6) is -1.09. The molecule has 4 rings (SSSR count). The normalized spacial score (nSPS) is 23.9. The molecule has 1 saturated heterocycles. The van der Waals surface area contributed by atoms with Crippen LogP contribution < -0.4 is 5.32 Å². The van der Waals surface area contributed by atoms with Crippen LogP contribution in [0, 0.1) is 11.8 Å². The highest BCUT2D eigenvalue weighted by molar-refractivity contribution is 6.06. The maximum Gasteiger partial charge on any atom is 0.230 e. The Morgan fingerprint density at radius 3 is 2.52 bits per heavy atom. The maximum absolute atomic E-state index is 12.0. The summed E-state index contributed by atoms with van der Waals surface area (Å²) in [4.78, 5) is 35.8. The number of hydrogen-bond donors (Lipinski definition) is 1. The van der Waals surface area contributed by atoms with Crippen molar-refractivity contribution in [3.05, 3.63) is 35.5 Å². The highest BCUT2D eigenvalue weighted by Gasteiger charge is 2.46. The van der Waals surface area contributed by atoms with Gasteiger partial charge in [0.15, 0.2) is 0 Å². The van der Waals surface area contributed by atoms with E-state index in [0.29, 0.717) is 12.8 Å². The Balaban J connectivity index is 1.98. The zero-order valence-corrected chi connectivity index (χ0v) is 11.6. The molecule has 21 heavy (non-hydrogen) atoms. The highest BCUT2D eigenvalue weighted by atomic mass is 16.2. The van der Waals surface area contributed by atoms with E-state index in [1.807, 2.05) is 24.3 Å². The lowest BCUT2D eigenvalue weighted by Crippen LogP contribution is -2.29. The van der Waals surface area contributed by atoms with Gasteiger partial charge in [-0.05, 0) is 18.1 Å². The molecule has 1 aromatic carbocycles. The molecule has 0 bridgehead atoms. The van der Waals surface area contributed by atoms with Gasteiger partial charge >= 0.3 is 0 Å². The van der Waals surface area contributed by atoms with Gasteiger partial charge in [-0.3, -0.25) is 24.3 Å². The van der Waals surface area contributed by atoms with Crippen molar-refractivity contribution in [3.63, 3.8) is 0 Å². The predicted octanol–water partition coefficient (Wildman–Crippen LogP) is 1.29. The van der Waals surface area contributed by atoms with Crippen LogP contribution >= 0.6 is 0 Å². The van der Waals surface area contributed by atoms with E-state index in [1.54, 1.807) is 4.57 Å². The number of para-hydroxylation sites is 1. The first-order valence-corrected chi connectivity index (χ1v) is 7.04. The zero-order valence-electron chi connectivity index (χ0n) is 11.6. The van der Waals surface area contributed by atoms with E-state index >= 15 is 0 Å². The van der Waals surface area contributed by atoms with E-state index in [9.17, 15) is 14.4 Å². The summed E-state index contributed by atoms with van der Waals surface area (Å²) < 4.78 is 1.69. The number of imide groups is 1. The largest absolute Gasteiger partial charge is 0.296 e. The molecular formula is C16H14N2O3. The summed E-state index contributed by atoms with van der Waals surface area (Å²) in [7, 11) is 0. The van der Waals surface area contributed by atoms with Crippen molar-refractivity contribution in [2.45, 2.75) is 19.8 Å². The molecule has 2 atom stereocenters. The predicted molar refractivity (Wildman–Crippen MR) is 75.8 cm³/mol. The van der Waals surface area contributed by atoms with Gasteiger partial charge in [0.05, 0.1) is 17.4 Å². The third-order valence-corrected chi connectivity index (χ3v) is 4.65. The topological polar surface area (TPSA) is 68.2 Å². The van der Waals surface area contributed by atoms with Crippen molar-refractivity contribution >= 4 is 28.6 Å².